The molecule has 7 heterocycles. The lowest BCUT2D eigenvalue weighted by Gasteiger charge is -2.53. The van der Waals surface area contributed by atoms with Crippen LogP contribution in [0.3, 0.4) is 0 Å². The van der Waals surface area contributed by atoms with Crippen molar-refractivity contribution in [2.24, 2.45) is 47.3 Å². The highest BCUT2D eigenvalue weighted by molar-refractivity contribution is 5.96. The molecule has 3 N–H and O–H groups in total. The van der Waals surface area contributed by atoms with Crippen LogP contribution in [0.1, 0.15) is 154 Å². The summed E-state index contributed by atoms with van der Waals surface area (Å²) in [6.45, 7) is 23.2. The largest absolute Gasteiger partial charge is 0.481 e. The van der Waals surface area contributed by atoms with E-state index in [1.54, 1.807) is 35.0 Å². The molecule has 402 valence electrons. The third-order valence-corrected chi connectivity index (χ3v) is 18.2. The standard InChI is InChI=1S/C54H90O16/c1-28(23-29(2)47(56)30(3)24-31(4)50(57)58)41-26-42(64-45-19-16-39(60-13)37(10)62-45)35(8)53(66-41)22-21-51(12,70-53)44-18-15-32(5)54(68-44)33(6)25-43(67-54)49-34(7)48(36(9)52(59,27-55)69-49)65-46-20-17-40(61-14)38(11)63-46/h23,28,30-46,48-49,55,59H,15-22,24-27H2,1-14H3,(H,57,58). The number of allylic oxidation sites excluding steroid dienone is 1. The molecule has 16 heteroatoms. The molecule has 7 rings (SSSR count). The first-order chi connectivity index (χ1) is 32.9. The van der Waals surface area contributed by atoms with Crippen LogP contribution in [-0.4, -0.2) is 144 Å². The highest BCUT2D eigenvalue weighted by Crippen LogP contribution is 2.57. The number of hydrogen-bond acceptors (Lipinski definition) is 15. The molecule has 0 aromatic carbocycles. The number of Topliss-reactive ketones (excluding diaryl/α,β-unsaturated/α-hetero) is 1. The Hall–Kier alpha value is -1.64. The number of aliphatic hydroxyl groups is 2. The second-order valence-corrected chi connectivity index (χ2v) is 23.2. The predicted molar refractivity (Wildman–Crippen MR) is 257 cm³/mol. The zero-order chi connectivity index (χ0) is 51.2. The molecule has 7 aliphatic rings. The lowest BCUT2D eigenvalue weighted by molar-refractivity contribution is -0.389. The van der Waals surface area contributed by atoms with E-state index in [1.807, 2.05) is 26.8 Å². The summed E-state index contributed by atoms with van der Waals surface area (Å²) in [5, 5.41) is 32.0. The second kappa shape index (κ2) is 22.3. The van der Waals surface area contributed by atoms with Crippen LogP contribution < -0.4 is 0 Å². The Kier molecular flexibility index (Phi) is 17.9. The van der Waals surface area contributed by atoms with Gasteiger partial charge in [-0.05, 0) is 78.2 Å². The Bertz CT molecular complexity index is 1820. The van der Waals surface area contributed by atoms with Crippen molar-refractivity contribution in [2.45, 2.75) is 250 Å². The maximum atomic E-state index is 13.6. The van der Waals surface area contributed by atoms with Crippen LogP contribution >= 0.6 is 0 Å². The topological polar surface area (TPSA) is 196 Å². The van der Waals surface area contributed by atoms with Gasteiger partial charge in [0.25, 0.3) is 0 Å². The fourth-order valence-electron chi connectivity index (χ4n) is 13.4. The highest BCUT2D eigenvalue weighted by atomic mass is 16.8. The maximum absolute atomic E-state index is 13.6. The van der Waals surface area contributed by atoms with E-state index in [2.05, 4.69) is 41.5 Å². The number of aliphatic hydroxyl groups excluding tert-OH is 1. The summed E-state index contributed by atoms with van der Waals surface area (Å²) in [6, 6.07) is 0. The Morgan fingerprint density at radius 3 is 1.96 bits per heavy atom. The minimum Gasteiger partial charge on any atom is -0.481 e. The first-order valence-corrected chi connectivity index (χ1v) is 26.8. The summed E-state index contributed by atoms with van der Waals surface area (Å²) in [6.07, 6.45) is 5.34. The average molecular weight is 995 g/mol. The van der Waals surface area contributed by atoms with Gasteiger partial charge in [0.1, 0.15) is 0 Å². The number of carbonyl (C=O) groups is 2. The van der Waals surface area contributed by atoms with Gasteiger partial charge in [-0.3, -0.25) is 9.59 Å². The van der Waals surface area contributed by atoms with Crippen molar-refractivity contribution < 1.29 is 77.0 Å². The number of hydrogen-bond donors (Lipinski definition) is 3. The van der Waals surface area contributed by atoms with E-state index in [-0.39, 0.29) is 84.5 Å². The van der Waals surface area contributed by atoms with Crippen LogP contribution in [0.25, 0.3) is 0 Å². The van der Waals surface area contributed by atoms with Crippen LogP contribution in [-0.2, 0) is 61.7 Å². The first kappa shape index (κ1) is 56.1. The van der Waals surface area contributed by atoms with Crippen molar-refractivity contribution in [1.29, 1.82) is 0 Å². The number of carboxylic acids is 1. The SMILES string of the molecule is COC1CCC(OC2CC(C(C)C=C(C)C(=O)C(C)CC(C)C(=O)O)OC3(CCC(C)(C4CCC(C)C5(OC(C6OC(O)(CO)C(C)C(OC7CCC(OC)C(C)O7)C6C)CC5C)O4)O3)C2C)OC1C. The Morgan fingerprint density at radius 1 is 0.743 bits per heavy atom. The second-order valence-electron chi connectivity index (χ2n) is 23.2. The lowest BCUT2D eigenvalue weighted by Crippen LogP contribution is -2.63. The van der Waals surface area contributed by atoms with Crippen LogP contribution in [0.4, 0.5) is 0 Å². The number of aliphatic carboxylic acids is 1. The molecular weight excluding hydrogens is 905 g/mol. The van der Waals surface area contributed by atoms with Crippen molar-refractivity contribution in [2.75, 3.05) is 20.8 Å². The molecule has 0 aromatic heterocycles. The van der Waals surface area contributed by atoms with E-state index in [4.69, 9.17) is 52.1 Å². The van der Waals surface area contributed by atoms with E-state index < -0.39 is 84.2 Å². The smallest absolute Gasteiger partial charge is 0.306 e. The summed E-state index contributed by atoms with van der Waals surface area (Å²) < 4.78 is 73.3. The molecule has 7 aliphatic heterocycles. The summed E-state index contributed by atoms with van der Waals surface area (Å²) >= 11 is 0. The van der Waals surface area contributed by atoms with Gasteiger partial charge >= 0.3 is 5.97 Å². The molecule has 24 atom stereocenters. The average Bonchev–Trinajstić information content (AvgIpc) is 3.84. The third kappa shape index (κ3) is 11.2. The van der Waals surface area contributed by atoms with Gasteiger partial charge < -0.3 is 67.4 Å². The molecule has 2 spiro atoms. The van der Waals surface area contributed by atoms with Gasteiger partial charge in [0.05, 0.1) is 79.2 Å². The van der Waals surface area contributed by atoms with Gasteiger partial charge in [-0.15, -0.1) is 0 Å². The van der Waals surface area contributed by atoms with Crippen molar-refractivity contribution in [3.63, 3.8) is 0 Å². The molecule has 24 unspecified atom stereocenters. The molecule has 0 aliphatic carbocycles. The molecule has 7 fully saturated rings. The molecule has 0 saturated carbocycles. The minimum absolute atomic E-state index is 0.00713. The van der Waals surface area contributed by atoms with E-state index in [1.165, 1.54) is 0 Å². The zero-order valence-corrected chi connectivity index (χ0v) is 44.8. The quantitative estimate of drug-likeness (QED) is 0.127. The minimum atomic E-state index is -1.86. The highest BCUT2D eigenvalue weighted by Gasteiger charge is 2.65. The lowest BCUT2D eigenvalue weighted by atomic mass is 9.77. The third-order valence-electron chi connectivity index (χ3n) is 18.2. The maximum Gasteiger partial charge on any atom is 0.306 e. The van der Waals surface area contributed by atoms with Crippen molar-refractivity contribution in [3.8, 4) is 0 Å². The zero-order valence-electron chi connectivity index (χ0n) is 44.8. The number of ketones is 1. The fraction of sp³-hybridized carbons (Fsp3) is 0.926. The number of carboxylic acid groups (broad SMARTS) is 1. The Balaban J connectivity index is 1.10. The fourth-order valence-corrected chi connectivity index (χ4v) is 13.4. The summed E-state index contributed by atoms with van der Waals surface area (Å²) in [7, 11) is 3.40. The summed E-state index contributed by atoms with van der Waals surface area (Å²) in [4.78, 5) is 25.2. The van der Waals surface area contributed by atoms with Crippen LogP contribution in [0.2, 0.25) is 0 Å². The van der Waals surface area contributed by atoms with Gasteiger partial charge in [0.15, 0.2) is 35.7 Å². The van der Waals surface area contributed by atoms with E-state index in [0.29, 0.717) is 44.1 Å². The van der Waals surface area contributed by atoms with E-state index >= 15 is 0 Å². The van der Waals surface area contributed by atoms with Crippen LogP contribution in [0.5, 0.6) is 0 Å². The van der Waals surface area contributed by atoms with Crippen LogP contribution in [0, 0.1) is 47.3 Å². The van der Waals surface area contributed by atoms with E-state index in [0.717, 1.165) is 25.7 Å². The molecule has 0 amide bonds. The normalized spacial score (nSPS) is 48.4. The van der Waals surface area contributed by atoms with Gasteiger partial charge in [-0.2, -0.15) is 0 Å². The van der Waals surface area contributed by atoms with E-state index in [9.17, 15) is 24.9 Å². The van der Waals surface area contributed by atoms with Gasteiger partial charge in [0, 0.05) is 81.3 Å². The first-order valence-electron chi connectivity index (χ1n) is 26.8. The Labute approximate surface area is 417 Å². The van der Waals surface area contributed by atoms with Gasteiger partial charge in [-0.1, -0.05) is 61.5 Å². The number of ether oxygens (including phenoxy) is 11. The number of methoxy groups -OCH3 is 2. The molecular formula is C54H90O16. The summed E-state index contributed by atoms with van der Waals surface area (Å²) in [5.41, 5.74) is -0.186. The molecule has 16 nitrogen and oxygen atoms in total. The van der Waals surface area contributed by atoms with Crippen molar-refractivity contribution in [3.05, 3.63) is 11.6 Å². The molecule has 0 bridgehead atoms. The monoisotopic (exact) mass is 995 g/mol. The molecule has 0 aromatic rings. The Morgan fingerprint density at radius 2 is 1.37 bits per heavy atom. The van der Waals surface area contributed by atoms with Crippen molar-refractivity contribution >= 4 is 11.8 Å². The van der Waals surface area contributed by atoms with Crippen molar-refractivity contribution in [1.82, 2.24) is 0 Å². The number of rotatable bonds is 16. The molecule has 70 heavy (non-hydrogen) atoms. The van der Waals surface area contributed by atoms with Gasteiger partial charge in [-0.25, -0.2) is 0 Å². The molecule has 7 saturated heterocycles. The number of carbonyl (C=O) groups excluding carboxylic acids is 1. The molecule has 0 radical (unpaired) electrons. The predicted octanol–water partition coefficient (Wildman–Crippen LogP) is 7.71. The van der Waals surface area contributed by atoms with Gasteiger partial charge in [0.2, 0.25) is 0 Å². The summed E-state index contributed by atoms with van der Waals surface area (Å²) in [5.74, 6) is -7.12. The van der Waals surface area contributed by atoms with Crippen LogP contribution in [0.15, 0.2) is 11.6 Å².